The van der Waals surface area contributed by atoms with Crippen molar-refractivity contribution in [2.45, 2.75) is 13.3 Å². The van der Waals surface area contributed by atoms with Gasteiger partial charge in [0, 0.05) is 10.9 Å². The van der Waals surface area contributed by atoms with E-state index in [2.05, 4.69) is 4.98 Å². The maximum absolute atomic E-state index is 14.0. The maximum atomic E-state index is 14.0. The van der Waals surface area contributed by atoms with Gasteiger partial charge in [-0.05, 0) is 36.2 Å². The normalized spacial score (nSPS) is 10.9. The fourth-order valence-electron chi connectivity index (χ4n) is 2.36. The highest BCUT2D eigenvalue weighted by Gasteiger charge is 2.12. The summed E-state index contributed by atoms with van der Waals surface area (Å²) in [5.41, 5.74) is 2.92. The molecule has 0 atom stereocenters. The summed E-state index contributed by atoms with van der Waals surface area (Å²) in [7, 11) is 0. The number of rotatable bonds is 2. The van der Waals surface area contributed by atoms with Gasteiger partial charge < -0.3 is 0 Å². The molecule has 0 bridgehead atoms. The average Bonchev–Trinajstić information content (AvgIpc) is 2.47. The first-order valence-corrected chi connectivity index (χ1v) is 6.91. The molecule has 100 valence electrons. The summed E-state index contributed by atoms with van der Waals surface area (Å²) in [6.45, 7) is 2.04. The molecule has 0 amide bonds. The Kier molecular flexibility index (Phi) is 3.41. The maximum Gasteiger partial charge on any atom is 0.132 e. The largest absolute Gasteiger partial charge is 0.246 e. The Hall–Kier alpha value is -1.93. The number of aromatic nitrogens is 1. The highest BCUT2D eigenvalue weighted by molar-refractivity contribution is 6.35. The number of hydrogen-bond donors (Lipinski definition) is 0. The van der Waals surface area contributed by atoms with Crippen molar-refractivity contribution in [1.82, 2.24) is 4.98 Å². The van der Waals surface area contributed by atoms with Crippen LogP contribution in [0.1, 0.15) is 12.5 Å². The fourth-order valence-corrected chi connectivity index (χ4v) is 2.59. The molecule has 0 aliphatic rings. The van der Waals surface area contributed by atoms with Crippen LogP contribution in [0.2, 0.25) is 5.02 Å². The summed E-state index contributed by atoms with van der Waals surface area (Å²) in [6.07, 6.45) is 0.791. The van der Waals surface area contributed by atoms with Crippen molar-refractivity contribution >= 4 is 22.5 Å². The van der Waals surface area contributed by atoms with E-state index >= 15 is 0 Å². The summed E-state index contributed by atoms with van der Waals surface area (Å²) < 4.78 is 14.0. The van der Waals surface area contributed by atoms with Crippen LogP contribution in [0.5, 0.6) is 0 Å². The second-order valence-corrected chi connectivity index (χ2v) is 5.05. The van der Waals surface area contributed by atoms with Gasteiger partial charge in [-0.1, -0.05) is 42.8 Å². The minimum Gasteiger partial charge on any atom is -0.246 e. The first-order valence-electron chi connectivity index (χ1n) is 6.53. The van der Waals surface area contributed by atoms with Crippen LogP contribution in [0.4, 0.5) is 4.39 Å². The first kappa shape index (κ1) is 13.1. The van der Waals surface area contributed by atoms with Gasteiger partial charge in [-0.2, -0.15) is 0 Å². The smallest absolute Gasteiger partial charge is 0.132 e. The predicted octanol–water partition coefficient (Wildman–Crippen LogP) is 5.26. The van der Waals surface area contributed by atoms with Crippen molar-refractivity contribution in [3.63, 3.8) is 0 Å². The summed E-state index contributed by atoms with van der Waals surface area (Å²) >= 11 is 6.20. The van der Waals surface area contributed by atoms with E-state index in [1.54, 1.807) is 18.2 Å². The minimum atomic E-state index is -0.263. The zero-order valence-electron chi connectivity index (χ0n) is 11.0. The van der Waals surface area contributed by atoms with Crippen molar-refractivity contribution in [2.24, 2.45) is 0 Å². The molecule has 1 nitrogen and oxygen atoms in total. The molecule has 3 aromatic rings. The van der Waals surface area contributed by atoms with E-state index in [1.165, 1.54) is 6.07 Å². The molecule has 20 heavy (non-hydrogen) atoms. The van der Waals surface area contributed by atoms with E-state index < -0.39 is 0 Å². The molecule has 0 aliphatic carbocycles. The van der Waals surface area contributed by atoms with Crippen LogP contribution in [0.3, 0.4) is 0 Å². The summed E-state index contributed by atoms with van der Waals surface area (Å²) in [4.78, 5) is 4.60. The standard InChI is InChI=1S/C17H13ClFN/c1-2-11-10-12-6-5-8-14(18)17(12)20-16(11)13-7-3-4-9-15(13)19/h3-10H,2H2,1H3. The van der Waals surface area contributed by atoms with Gasteiger partial charge in [-0.15, -0.1) is 0 Å². The molecule has 0 aliphatic heterocycles. The van der Waals surface area contributed by atoms with Gasteiger partial charge in [0.15, 0.2) is 0 Å². The molecular weight excluding hydrogens is 273 g/mol. The zero-order valence-corrected chi connectivity index (χ0v) is 11.8. The highest BCUT2D eigenvalue weighted by atomic mass is 35.5. The molecule has 3 rings (SSSR count). The number of hydrogen-bond acceptors (Lipinski definition) is 1. The van der Waals surface area contributed by atoms with Crippen LogP contribution in [0.25, 0.3) is 22.2 Å². The molecule has 3 heteroatoms. The summed E-state index contributed by atoms with van der Waals surface area (Å²) in [5, 5.41) is 1.57. The first-order chi connectivity index (χ1) is 9.70. The van der Waals surface area contributed by atoms with Gasteiger partial charge in [0.2, 0.25) is 0 Å². The molecule has 1 heterocycles. The second kappa shape index (κ2) is 5.22. The monoisotopic (exact) mass is 285 g/mol. The molecule has 0 fully saturated rings. The Bertz CT molecular complexity index is 783. The van der Waals surface area contributed by atoms with E-state index in [0.717, 1.165) is 17.4 Å². The third-order valence-corrected chi connectivity index (χ3v) is 3.69. The van der Waals surface area contributed by atoms with Crippen LogP contribution in [0, 0.1) is 5.82 Å². The van der Waals surface area contributed by atoms with Crippen LogP contribution < -0.4 is 0 Å². The molecule has 0 spiro atoms. The third kappa shape index (κ3) is 2.16. The third-order valence-electron chi connectivity index (χ3n) is 3.39. The van der Waals surface area contributed by atoms with Crippen LogP contribution in [0.15, 0.2) is 48.5 Å². The quantitative estimate of drug-likeness (QED) is 0.626. The molecule has 0 saturated carbocycles. The Balaban J connectivity index is 2.34. The Morgan fingerprint density at radius 1 is 1.10 bits per heavy atom. The summed E-state index contributed by atoms with van der Waals surface area (Å²) in [5.74, 6) is -0.263. The van der Waals surface area contributed by atoms with Crippen LogP contribution in [-0.4, -0.2) is 4.98 Å². The van der Waals surface area contributed by atoms with Gasteiger partial charge in [-0.3, -0.25) is 0 Å². The Morgan fingerprint density at radius 3 is 2.65 bits per heavy atom. The van der Waals surface area contributed by atoms with Crippen molar-refractivity contribution < 1.29 is 4.39 Å². The highest BCUT2D eigenvalue weighted by Crippen LogP contribution is 2.30. The minimum absolute atomic E-state index is 0.263. The molecule has 0 N–H and O–H groups in total. The van der Waals surface area contributed by atoms with Gasteiger partial charge in [0.25, 0.3) is 0 Å². The zero-order chi connectivity index (χ0) is 14.1. The van der Waals surface area contributed by atoms with E-state index in [0.29, 0.717) is 21.8 Å². The van der Waals surface area contributed by atoms with Gasteiger partial charge in [-0.25, -0.2) is 9.37 Å². The average molecular weight is 286 g/mol. The van der Waals surface area contributed by atoms with Crippen LogP contribution in [-0.2, 0) is 6.42 Å². The van der Waals surface area contributed by atoms with Crippen LogP contribution >= 0.6 is 11.6 Å². The number of aryl methyl sites for hydroxylation is 1. The number of pyridine rings is 1. The molecule has 2 aromatic carbocycles. The molecule has 1 aromatic heterocycles. The lowest BCUT2D eigenvalue weighted by Crippen LogP contribution is -1.96. The lowest BCUT2D eigenvalue weighted by molar-refractivity contribution is 0.630. The van der Waals surface area contributed by atoms with Crippen molar-refractivity contribution in [3.05, 3.63) is 64.9 Å². The van der Waals surface area contributed by atoms with Crippen molar-refractivity contribution in [2.75, 3.05) is 0 Å². The number of nitrogens with zero attached hydrogens (tertiary/aromatic N) is 1. The lowest BCUT2D eigenvalue weighted by Gasteiger charge is -2.11. The second-order valence-electron chi connectivity index (χ2n) is 4.64. The van der Waals surface area contributed by atoms with E-state index in [9.17, 15) is 4.39 Å². The fraction of sp³-hybridized carbons (Fsp3) is 0.118. The summed E-state index contributed by atoms with van der Waals surface area (Å²) in [6, 6.07) is 14.4. The number of halogens is 2. The van der Waals surface area contributed by atoms with Crippen molar-refractivity contribution in [3.8, 4) is 11.3 Å². The van der Waals surface area contributed by atoms with E-state index in [4.69, 9.17) is 11.6 Å². The molecule has 0 radical (unpaired) electrons. The number of benzene rings is 2. The Morgan fingerprint density at radius 2 is 1.90 bits per heavy atom. The predicted molar refractivity (Wildman–Crippen MR) is 81.5 cm³/mol. The molecule has 0 unspecified atom stereocenters. The number of fused-ring (bicyclic) bond motifs is 1. The van der Waals surface area contributed by atoms with Gasteiger partial charge >= 0.3 is 0 Å². The molecule has 0 saturated heterocycles. The molecular formula is C17H13ClFN. The SMILES string of the molecule is CCc1cc2cccc(Cl)c2nc1-c1ccccc1F. The Labute approximate surface area is 122 Å². The van der Waals surface area contributed by atoms with Gasteiger partial charge in [0.05, 0.1) is 16.2 Å². The van der Waals surface area contributed by atoms with Gasteiger partial charge in [0.1, 0.15) is 5.82 Å². The van der Waals surface area contributed by atoms with E-state index in [-0.39, 0.29) is 5.82 Å². The number of para-hydroxylation sites is 1. The van der Waals surface area contributed by atoms with E-state index in [1.807, 2.05) is 31.2 Å². The van der Waals surface area contributed by atoms with Crippen molar-refractivity contribution in [1.29, 1.82) is 0 Å². The lowest BCUT2D eigenvalue weighted by atomic mass is 10.0. The topological polar surface area (TPSA) is 12.9 Å².